The lowest BCUT2D eigenvalue weighted by Gasteiger charge is -1.92. The third kappa shape index (κ3) is 1.09. The maximum atomic E-state index is 7.99. The largest absolute Gasteiger partial charge is 0.350 e. The van der Waals surface area contributed by atoms with Gasteiger partial charge in [0.05, 0.1) is 23.5 Å². The number of imidazole rings is 1. The molecule has 0 aliphatic carbocycles. The Morgan fingerprint density at radius 3 is 3.40 bits per heavy atom. The Kier molecular flexibility index (Phi) is 1.37. The summed E-state index contributed by atoms with van der Waals surface area (Å²) in [5.74, 6) is 0.646. The lowest BCUT2D eigenvalue weighted by Crippen LogP contribution is -2.28. The second-order valence-electron chi connectivity index (χ2n) is 4.77. The summed E-state index contributed by atoms with van der Waals surface area (Å²) in [6.45, 7) is -1.65. The molecule has 5 nitrogen and oxygen atoms in total. The van der Waals surface area contributed by atoms with E-state index in [-0.39, 0.29) is 0 Å². The van der Waals surface area contributed by atoms with Gasteiger partial charge in [-0.05, 0) is 17.4 Å². The topological polar surface area (TPSA) is 38.7 Å². The number of nitrogens with zero attached hydrogens (tertiary/aromatic N) is 5. The minimum atomic E-state index is -2.27. The van der Waals surface area contributed by atoms with Gasteiger partial charge in [0.25, 0.3) is 4.83 Å². The average molecular weight is 284 g/mol. The fraction of sp³-hybridized carbons (Fsp3) is 0.143. The predicted molar refractivity (Wildman–Crippen MR) is 74.3 cm³/mol. The highest BCUT2D eigenvalue weighted by Gasteiger charge is 2.37. The van der Waals surface area contributed by atoms with Crippen molar-refractivity contribution in [3.63, 3.8) is 0 Å². The van der Waals surface area contributed by atoms with Crippen molar-refractivity contribution >= 4 is 26.6 Å². The van der Waals surface area contributed by atoms with Gasteiger partial charge in [-0.25, -0.2) is 9.55 Å². The SMILES string of the molecule is [2H]C([2H])([2H])[n+]1c2n(c3c1sc1cncc[n+]13)Cc1cccnc1-2. The molecule has 20 heavy (non-hydrogen) atoms. The number of hydrogen-bond acceptors (Lipinski definition) is 3. The van der Waals surface area contributed by atoms with E-state index in [1.165, 1.54) is 15.9 Å². The minimum absolute atomic E-state index is 0.624. The molecule has 5 rings (SSSR count). The van der Waals surface area contributed by atoms with Crippen molar-refractivity contribution in [3.05, 3.63) is 42.5 Å². The van der Waals surface area contributed by atoms with Crippen LogP contribution in [0.25, 0.3) is 26.8 Å². The maximum Gasteiger partial charge on any atom is 0.350 e. The van der Waals surface area contributed by atoms with Crippen LogP contribution in [0.5, 0.6) is 0 Å². The van der Waals surface area contributed by atoms with Crippen molar-refractivity contribution in [2.45, 2.75) is 6.54 Å². The first-order valence-electron chi connectivity index (χ1n) is 7.73. The van der Waals surface area contributed by atoms with Crippen molar-refractivity contribution in [2.24, 2.45) is 6.98 Å². The number of pyridine rings is 1. The monoisotopic (exact) mass is 284 g/mol. The van der Waals surface area contributed by atoms with Gasteiger partial charge in [-0.2, -0.15) is 8.97 Å². The van der Waals surface area contributed by atoms with E-state index in [2.05, 4.69) is 9.97 Å². The molecule has 0 saturated heterocycles. The van der Waals surface area contributed by atoms with E-state index in [1.54, 1.807) is 18.6 Å². The van der Waals surface area contributed by atoms with Crippen molar-refractivity contribution in [1.29, 1.82) is 0 Å². The van der Waals surface area contributed by atoms with Crippen LogP contribution in [0.2, 0.25) is 0 Å². The van der Waals surface area contributed by atoms with Crippen LogP contribution in [0.15, 0.2) is 36.9 Å². The van der Waals surface area contributed by atoms with E-state index >= 15 is 0 Å². The molecule has 96 valence electrons. The summed E-state index contributed by atoms with van der Waals surface area (Å²) in [6, 6.07) is 3.87. The highest BCUT2D eigenvalue weighted by atomic mass is 32.1. The predicted octanol–water partition coefficient (Wildman–Crippen LogP) is 1.08. The van der Waals surface area contributed by atoms with Crippen LogP contribution in [0.3, 0.4) is 0 Å². The zero-order valence-electron chi connectivity index (χ0n) is 13.3. The Morgan fingerprint density at radius 1 is 1.45 bits per heavy atom. The third-order valence-corrected chi connectivity index (χ3v) is 4.77. The van der Waals surface area contributed by atoms with Gasteiger partial charge in [-0.15, -0.1) is 0 Å². The van der Waals surface area contributed by atoms with Gasteiger partial charge in [-0.1, -0.05) is 6.07 Å². The second kappa shape index (κ2) is 3.40. The highest BCUT2D eigenvalue weighted by Crippen LogP contribution is 2.32. The molecule has 0 atom stereocenters. The summed E-state index contributed by atoms with van der Waals surface area (Å²) >= 11 is 1.43. The molecular weight excluding hydrogens is 270 g/mol. The fourth-order valence-corrected chi connectivity index (χ4v) is 3.91. The van der Waals surface area contributed by atoms with Crippen LogP contribution in [-0.2, 0) is 13.5 Å². The molecule has 0 saturated carbocycles. The number of aromatic nitrogens is 5. The van der Waals surface area contributed by atoms with Crippen molar-refractivity contribution < 1.29 is 13.1 Å². The molecule has 0 amide bonds. The van der Waals surface area contributed by atoms with E-state index in [0.717, 1.165) is 21.7 Å². The molecular formula is C14H11N5S+2. The Balaban J connectivity index is 2.01. The summed E-state index contributed by atoms with van der Waals surface area (Å²) < 4.78 is 29.4. The van der Waals surface area contributed by atoms with Crippen LogP contribution >= 0.6 is 11.3 Å². The van der Waals surface area contributed by atoms with E-state index in [0.29, 0.717) is 17.2 Å². The molecule has 4 aromatic rings. The Hall–Kier alpha value is -2.34. The molecule has 1 aliphatic heterocycles. The van der Waals surface area contributed by atoms with E-state index in [9.17, 15) is 0 Å². The molecule has 0 aromatic carbocycles. The highest BCUT2D eigenvalue weighted by molar-refractivity contribution is 7.22. The molecule has 0 bridgehead atoms. The smallest absolute Gasteiger partial charge is 0.256 e. The summed E-state index contributed by atoms with van der Waals surface area (Å²) in [5.41, 5.74) is 2.66. The molecule has 4 aromatic heterocycles. The first kappa shape index (κ1) is 8.06. The molecule has 0 N–H and O–H groups in total. The number of hydrogen-bond donors (Lipinski definition) is 0. The summed E-state index contributed by atoms with van der Waals surface area (Å²) in [5, 5.41) is 0. The Bertz CT molecular complexity index is 1100. The lowest BCUT2D eigenvalue weighted by molar-refractivity contribution is -0.632. The second-order valence-corrected chi connectivity index (χ2v) is 5.78. The molecule has 0 radical (unpaired) electrons. The fourth-order valence-electron chi connectivity index (χ4n) is 2.88. The first-order valence-corrected chi connectivity index (χ1v) is 7.04. The molecule has 0 fully saturated rings. The van der Waals surface area contributed by atoms with Crippen molar-refractivity contribution in [1.82, 2.24) is 14.5 Å². The molecule has 0 spiro atoms. The van der Waals surface area contributed by atoms with Crippen molar-refractivity contribution in [3.8, 4) is 11.5 Å². The average Bonchev–Trinajstić information content (AvgIpc) is 3.12. The standard InChI is InChI=1S/C14H11N5S/c1-17-12-11-9(3-2-4-16-11)8-19(12)13-14(17)20-10-7-15-5-6-18(10)13/h2-7H,8H2,1H3/q+2/i1D3. The summed E-state index contributed by atoms with van der Waals surface area (Å²) in [4.78, 5) is 10.2. The van der Waals surface area contributed by atoms with E-state index in [1.807, 2.05) is 27.3 Å². The van der Waals surface area contributed by atoms with Gasteiger partial charge in [0.15, 0.2) is 5.69 Å². The van der Waals surface area contributed by atoms with Crippen LogP contribution in [0.4, 0.5) is 0 Å². The number of fused-ring (bicyclic) bond motifs is 7. The summed E-state index contributed by atoms with van der Waals surface area (Å²) in [6.07, 6.45) is 7.03. The number of rotatable bonds is 0. The van der Waals surface area contributed by atoms with Gasteiger partial charge in [0.1, 0.15) is 12.7 Å². The van der Waals surface area contributed by atoms with Crippen LogP contribution in [0, 0.1) is 0 Å². The maximum absolute atomic E-state index is 7.99. The quantitative estimate of drug-likeness (QED) is 0.399. The van der Waals surface area contributed by atoms with Crippen LogP contribution in [-0.4, -0.2) is 14.5 Å². The first-order chi connectivity index (χ1) is 11.1. The minimum Gasteiger partial charge on any atom is -0.256 e. The van der Waals surface area contributed by atoms with Gasteiger partial charge < -0.3 is 0 Å². The number of aryl methyl sites for hydroxylation is 1. The molecule has 0 unspecified atom stereocenters. The van der Waals surface area contributed by atoms with Crippen LogP contribution < -0.4 is 8.97 Å². The van der Waals surface area contributed by atoms with Gasteiger partial charge in [0, 0.05) is 11.8 Å². The number of thiazole rings is 1. The van der Waals surface area contributed by atoms with Gasteiger partial charge in [0.2, 0.25) is 4.83 Å². The lowest BCUT2D eigenvalue weighted by atomic mass is 10.2. The normalized spacial score (nSPS) is 15.9. The van der Waals surface area contributed by atoms with E-state index in [4.69, 9.17) is 4.11 Å². The Labute approximate surface area is 122 Å². The van der Waals surface area contributed by atoms with Crippen LogP contribution in [0.1, 0.15) is 9.68 Å². The van der Waals surface area contributed by atoms with Gasteiger partial charge in [-0.3, -0.25) is 4.98 Å². The Morgan fingerprint density at radius 2 is 2.45 bits per heavy atom. The molecule has 1 aliphatic rings. The molecule has 5 heterocycles. The summed E-state index contributed by atoms with van der Waals surface area (Å²) in [7, 11) is 0. The van der Waals surface area contributed by atoms with E-state index < -0.39 is 6.98 Å². The zero-order chi connectivity index (χ0) is 15.8. The van der Waals surface area contributed by atoms with Crippen molar-refractivity contribution in [2.75, 3.05) is 0 Å². The van der Waals surface area contributed by atoms with Gasteiger partial charge >= 0.3 is 11.5 Å². The third-order valence-electron chi connectivity index (χ3n) is 3.70. The zero-order valence-corrected chi connectivity index (χ0v) is 11.1. The molecule has 6 heteroatoms.